The molecule has 98 valence electrons. The SMILES string of the molecule is Cl.O=C1Cc2ccc(OC3CCNCC3)cc2N1. The molecule has 0 aromatic heterocycles. The monoisotopic (exact) mass is 268 g/mol. The molecule has 1 saturated heterocycles. The van der Waals surface area contributed by atoms with Crippen LogP contribution in [0.25, 0.3) is 0 Å². The Morgan fingerprint density at radius 3 is 2.78 bits per heavy atom. The highest BCUT2D eigenvalue weighted by Gasteiger charge is 2.19. The first-order valence-electron chi connectivity index (χ1n) is 6.11. The molecule has 0 saturated carbocycles. The fraction of sp³-hybridized carbons (Fsp3) is 0.462. The Morgan fingerprint density at radius 2 is 2.00 bits per heavy atom. The minimum absolute atomic E-state index is 0. The molecule has 5 heteroatoms. The Hall–Kier alpha value is -1.26. The van der Waals surface area contributed by atoms with Gasteiger partial charge in [0.2, 0.25) is 5.91 Å². The van der Waals surface area contributed by atoms with E-state index in [0.29, 0.717) is 12.5 Å². The second kappa shape index (κ2) is 5.59. The number of anilines is 1. The molecule has 2 aliphatic rings. The van der Waals surface area contributed by atoms with E-state index in [1.807, 2.05) is 18.2 Å². The number of fused-ring (bicyclic) bond motifs is 1. The lowest BCUT2D eigenvalue weighted by Crippen LogP contribution is -2.34. The summed E-state index contributed by atoms with van der Waals surface area (Å²) in [4.78, 5) is 11.2. The van der Waals surface area contributed by atoms with E-state index in [1.54, 1.807) is 0 Å². The predicted octanol–water partition coefficient (Wildman–Crippen LogP) is 1.73. The van der Waals surface area contributed by atoms with Crippen LogP contribution in [0.3, 0.4) is 0 Å². The number of rotatable bonds is 2. The molecule has 0 unspecified atom stereocenters. The summed E-state index contributed by atoms with van der Waals surface area (Å²) in [6.45, 7) is 2.04. The smallest absolute Gasteiger partial charge is 0.228 e. The van der Waals surface area contributed by atoms with Crippen LogP contribution >= 0.6 is 12.4 Å². The average molecular weight is 269 g/mol. The van der Waals surface area contributed by atoms with Gasteiger partial charge in [0, 0.05) is 11.8 Å². The molecule has 18 heavy (non-hydrogen) atoms. The molecule has 1 fully saturated rings. The Kier molecular flexibility index (Phi) is 4.09. The summed E-state index contributed by atoms with van der Waals surface area (Å²) >= 11 is 0. The van der Waals surface area contributed by atoms with E-state index in [1.165, 1.54) is 0 Å². The van der Waals surface area contributed by atoms with Crippen LogP contribution in [-0.4, -0.2) is 25.1 Å². The molecular weight excluding hydrogens is 252 g/mol. The van der Waals surface area contributed by atoms with Crippen LogP contribution < -0.4 is 15.4 Å². The van der Waals surface area contributed by atoms with Crippen molar-refractivity contribution in [3.63, 3.8) is 0 Å². The molecule has 1 amide bonds. The van der Waals surface area contributed by atoms with Gasteiger partial charge in [-0.15, -0.1) is 12.4 Å². The number of nitrogens with one attached hydrogen (secondary N) is 2. The zero-order valence-electron chi connectivity index (χ0n) is 10.1. The fourth-order valence-electron chi connectivity index (χ4n) is 2.37. The molecule has 0 aliphatic carbocycles. The van der Waals surface area contributed by atoms with Gasteiger partial charge in [-0.2, -0.15) is 0 Å². The molecular formula is C13H17ClN2O2. The topological polar surface area (TPSA) is 50.4 Å². The number of benzene rings is 1. The highest BCUT2D eigenvalue weighted by atomic mass is 35.5. The molecule has 0 atom stereocenters. The number of amides is 1. The number of carbonyl (C=O) groups excluding carboxylic acids is 1. The largest absolute Gasteiger partial charge is 0.490 e. The van der Waals surface area contributed by atoms with Crippen molar-refractivity contribution in [2.75, 3.05) is 18.4 Å². The number of hydrogen-bond donors (Lipinski definition) is 2. The van der Waals surface area contributed by atoms with Crippen LogP contribution in [0.1, 0.15) is 18.4 Å². The van der Waals surface area contributed by atoms with E-state index in [-0.39, 0.29) is 18.3 Å². The van der Waals surface area contributed by atoms with Gasteiger partial charge >= 0.3 is 0 Å². The summed E-state index contributed by atoms with van der Waals surface area (Å²) in [6, 6.07) is 5.87. The maximum absolute atomic E-state index is 11.2. The third-order valence-electron chi connectivity index (χ3n) is 3.30. The summed E-state index contributed by atoms with van der Waals surface area (Å²) in [6.07, 6.45) is 2.88. The first-order valence-corrected chi connectivity index (χ1v) is 6.11. The van der Waals surface area contributed by atoms with Crippen LogP contribution in [0.15, 0.2) is 18.2 Å². The van der Waals surface area contributed by atoms with E-state index < -0.39 is 0 Å². The number of hydrogen-bond acceptors (Lipinski definition) is 3. The van der Waals surface area contributed by atoms with Crippen molar-refractivity contribution in [3.8, 4) is 5.75 Å². The summed E-state index contributed by atoms with van der Waals surface area (Å²) in [5.41, 5.74) is 1.97. The molecule has 1 aromatic carbocycles. The summed E-state index contributed by atoms with van der Waals surface area (Å²) < 4.78 is 5.92. The minimum atomic E-state index is 0. The highest BCUT2D eigenvalue weighted by Crippen LogP contribution is 2.28. The van der Waals surface area contributed by atoms with Crippen molar-refractivity contribution in [2.45, 2.75) is 25.4 Å². The van der Waals surface area contributed by atoms with Gasteiger partial charge in [0.25, 0.3) is 0 Å². The summed E-state index contributed by atoms with van der Waals surface area (Å²) in [5, 5.41) is 6.15. The molecule has 2 heterocycles. The fourth-order valence-corrected chi connectivity index (χ4v) is 2.37. The quantitative estimate of drug-likeness (QED) is 0.859. The number of piperidine rings is 1. The molecule has 2 N–H and O–H groups in total. The molecule has 2 aliphatic heterocycles. The van der Waals surface area contributed by atoms with Gasteiger partial charge in [-0.1, -0.05) is 6.07 Å². The van der Waals surface area contributed by atoms with E-state index in [4.69, 9.17) is 4.74 Å². The van der Waals surface area contributed by atoms with E-state index >= 15 is 0 Å². The first kappa shape index (κ1) is 13.2. The zero-order chi connectivity index (χ0) is 11.7. The summed E-state index contributed by atoms with van der Waals surface area (Å²) in [7, 11) is 0. The van der Waals surface area contributed by atoms with Crippen LogP contribution in [0.4, 0.5) is 5.69 Å². The van der Waals surface area contributed by atoms with Crippen molar-refractivity contribution < 1.29 is 9.53 Å². The van der Waals surface area contributed by atoms with E-state index in [0.717, 1.165) is 42.9 Å². The van der Waals surface area contributed by atoms with Crippen LogP contribution in [-0.2, 0) is 11.2 Å². The molecule has 0 bridgehead atoms. The van der Waals surface area contributed by atoms with Gasteiger partial charge < -0.3 is 15.4 Å². The molecule has 1 aromatic rings. The maximum atomic E-state index is 11.2. The van der Waals surface area contributed by atoms with Gasteiger partial charge in [-0.05, 0) is 37.6 Å². The normalized spacial score (nSPS) is 18.8. The van der Waals surface area contributed by atoms with Gasteiger partial charge in [-0.25, -0.2) is 0 Å². The molecule has 3 rings (SSSR count). The van der Waals surface area contributed by atoms with Gasteiger partial charge in [0.05, 0.1) is 6.42 Å². The molecule has 4 nitrogen and oxygen atoms in total. The lowest BCUT2D eigenvalue weighted by atomic mass is 10.1. The van der Waals surface area contributed by atoms with Crippen LogP contribution in [0.2, 0.25) is 0 Å². The number of ether oxygens (including phenoxy) is 1. The van der Waals surface area contributed by atoms with E-state index in [2.05, 4.69) is 10.6 Å². The summed E-state index contributed by atoms with van der Waals surface area (Å²) in [5.74, 6) is 0.928. The lowest BCUT2D eigenvalue weighted by Gasteiger charge is -2.24. The number of carbonyl (C=O) groups is 1. The Labute approximate surface area is 113 Å². The van der Waals surface area contributed by atoms with Gasteiger partial charge in [0.15, 0.2) is 0 Å². The van der Waals surface area contributed by atoms with Crippen molar-refractivity contribution in [1.82, 2.24) is 5.32 Å². The Bertz CT molecular complexity index is 445. The van der Waals surface area contributed by atoms with Crippen molar-refractivity contribution in [1.29, 1.82) is 0 Å². The average Bonchev–Trinajstić information content (AvgIpc) is 2.70. The van der Waals surface area contributed by atoms with E-state index in [9.17, 15) is 4.79 Å². The maximum Gasteiger partial charge on any atom is 0.228 e. The highest BCUT2D eigenvalue weighted by molar-refractivity contribution is 5.99. The lowest BCUT2D eigenvalue weighted by molar-refractivity contribution is -0.115. The Balaban J connectivity index is 0.00000120. The third kappa shape index (κ3) is 2.76. The third-order valence-corrected chi connectivity index (χ3v) is 3.30. The van der Waals surface area contributed by atoms with Crippen LogP contribution in [0.5, 0.6) is 5.75 Å². The zero-order valence-corrected chi connectivity index (χ0v) is 10.9. The van der Waals surface area contributed by atoms with Crippen LogP contribution in [0, 0.1) is 0 Å². The van der Waals surface area contributed by atoms with Crippen molar-refractivity contribution in [2.24, 2.45) is 0 Å². The second-order valence-corrected chi connectivity index (χ2v) is 4.61. The minimum Gasteiger partial charge on any atom is -0.490 e. The second-order valence-electron chi connectivity index (χ2n) is 4.61. The Morgan fingerprint density at radius 1 is 1.22 bits per heavy atom. The predicted molar refractivity (Wildman–Crippen MR) is 72.5 cm³/mol. The van der Waals surface area contributed by atoms with Gasteiger partial charge in [-0.3, -0.25) is 4.79 Å². The van der Waals surface area contributed by atoms with Crippen molar-refractivity contribution >= 4 is 24.0 Å². The molecule has 0 spiro atoms. The molecule has 0 radical (unpaired) electrons. The standard InChI is InChI=1S/C13H16N2O2.ClH/c16-13-7-9-1-2-11(8-12(9)15-13)17-10-3-5-14-6-4-10;/h1-2,8,10,14H,3-7H2,(H,15,16);1H. The number of halogens is 1. The van der Waals surface area contributed by atoms with Crippen molar-refractivity contribution in [3.05, 3.63) is 23.8 Å². The van der Waals surface area contributed by atoms with Gasteiger partial charge in [0.1, 0.15) is 11.9 Å². The first-order chi connectivity index (χ1) is 8.31.